The zero-order chi connectivity index (χ0) is 30.8. The molecule has 0 aliphatic rings. The Morgan fingerprint density at radius 1 is 0.837 bits per heavy atom. The number of hydrogen-bond donors (Lipinski definition) is 2. The number of guanidine groups is 1. The number of nitrogens with two attached hydrogens (primary N) is 2. The molecule has 15 heteroatoms. The maximum atomic E-state index is 13.9. The molecule has 0 unspecified atom stereocenters. The van der Waals surface area contributed by atoms with Crippen LogP contribution in [-0.4, -0.2) is 72.4 Å². The van der Waals surface area contributed by atoms with Crippen molar-refractivity contribution in [1.82, 2.24) is 9.21 Å². The van der Waals surface area contributed by atoms with E-state index in [1.165, 1.54) is 40.7 Å². The summed E-state index contributed by atoms with van der Waals surface area (Å²) < 4.78 is 67.3. The molecule has 3 aromatic carbocycles. The molecule has 12 nitrogen and oxygen atoms in total. The maximum Gasteiger partial charge on any atom is 0.340 e. The van der Waals surface area contributed by atoms with Gasteiger partial charge in [-0.3, -0.25) is 0 Å². The van der Waals surface area contributed by atoms with E-state index >= 15 is 0 Å². The summed E-state index contributed by atoms with van der Waals surface area (Å²) >= 11 is 0. The number of likely N-dealkylation sites (N-methyl/N-ethyl adjacent to an activating group) is 1. The summed E-state index contributed by atoms with van der Waals surface area (Å²) in [7, 11) is -5.16. The lowest BCUT2D eigenvalue weighted by atomic mass is 10.2. The minimum absolute atomic E-state index is 0. The quantitative estimate of drug-likeness (QED) is 0.0770. The largest absolute Gasteiger partial charge is 0.493 e. The highest BCUT2D eigenvalue weighted by molar-refractivity contribution is 7.91. The van der Waals surface area contributed by atoms with Crippen LogP contribution in [0.15, 0.2) is 87.7 Å². The second kappa shape index (κ2) is 16.3. The Morgan fingerprint density at radius 3 is 2.12 bits per heavy atom. The van der Waals surface area contributed by atoms with Gasteiger partial charge in [0.1, 0.15) is 27.9 Å². The summed E-state index contributed by atoms with van der Waals surface area (Å²) in [6.45, 7) is 2.85. The third-order valence-electron chi connectivity index (χ3n) is 5.78. The van der Waals surface area contributed by atoms with Crippen molar-refractivity contribution in [3.8, 4) is 11.5 Å². The molecule has 0 bridgehead atoms. The molecule has 0 aliphatic heterocycles. The van der Waals surface area contributed by atoms with Gasteiger partial charge in [0.05, 0.1) is 6.61 Å². The molecule has 3 rings (SSSR count). The summed E-state index contributed by atoms with van der Waals surface area (Å²) in [6, 6.07) is 19.2. The van der Waals surface area contributed by atoms with Gasteiger partial charge in [0.2, 0.25) is 16.0 Å². The molecule has 0 spiro atoms. The molecule has 0 aliphatic carbocycles. The van der Waals surface area contributed by atoms with Gasteiger partial charge in [0.15, 0.2) is 0 Å². The first-order valence-electron chi connectivity index (χ1n) is 13.1. The van der Waals surface area contributed by atoms with Crippen LogP contribution in [0.25, 0.3) is 0 Å². The number of halogens is 1. The van der Waals surface area contributed by atoms with E-state index in [2.05, 4.69) is 5.16 Å². The lowest BCUT2D eigenvalue weighted by Crippen LogP contribution is -2.37. The molecule has 0 amide bonds. The third-order valence-corrected chi connectivity index (χ3v) is 9.12. The number of sulfonamides is 1. The highest BCUT2D eigenvalue weighted by Gasteiger charge is 2.32. The highest BCUT2D eigenvalue weighted by atomic mass is 35.5. The fraction of sp³-hybridized carbons (Fsp3) is 0.321. The zero-order valence-electron chi connectivity index (χ0n) is 24.2. The minimum atomic E-state index is -4.57. The van der Waals surface area contributed by atoms with Gasteiger partial charge >= 0.3 is 10.1 Å². The molecule has 4 N–H and O–H groups in total. The third kappa shape index (κ3) is 10.9. The molecule has 43 heavy (non-hydrogen) atoms. The molecule has 0 atom stereocenters. The Labute approximate surface area is 259 Å². The molecule has 236 valence electrons. The Bertz CT molecular complexity index is 1570. The van der Waals surface area contributed by atoms with Gasteiger partial charge in [0.25, 0.3) is 0 Å². The lowest BCUT2D eigenvalue weighted by molar-refractivity contribution is 0.127. The number of oxime groups is 1. The molecular weight excluding hydrogens is 618 g/mol. The van der Waals surface area contributed by atoms with Crippen molar-refractivity contribution in [2.45, 2.75) is 29.7 Å². The summed E-state index contributed by atoms with van der Waals surface area (Å²) in [6.07, 6.45) is 0.456. The molecule has 0 aromatic heterocycles. The van der Waals surface area contributed by atoms with Crippen LogP contribution >= 0.6 is 12.4 Å². The van der Waals surface area contributed by atoms with E-state index in [1.54, 1.807) is 13.0 Å². The Balaban J connectivity index is 0.00000645. The van der Waals surface area contributed by atoms with Crippen molar-refractivity contribution in [3.63, 3.8) is 0 Å². The first kappa shape index (κ1) is 35.6. The van der Waals surface area contributed by atoms with E-state index in [1.807, 2.05) is 49.3 Å². The van der Waals surface area contributed by atoms with Crippen molar-refractivity contribution in [2.75, 3.05) is 40.4 Å². The predicted molar refractivity (Wildman–Crippen MR) is 167 cm³/mol. The van der Waals surface area contributed by atoms with Gasteiger partial charge in [-0.2, -0.15) is 12.7 Å². The van der Waals surface area contributed by atoms with Crippen LogP contribution in [-0.2, 0) is 31.5 Å². The van der Waals surface area contributed by atoms with Gasteiger partial charge < -0.3 is 30.1 Å². The number of nitrogens with zero attached hydrogens (tertiary/aromatic N) is 3. The van der Waals surface area contributed by atoms with Gasteiger partial charge in [-0.25, -0.2) is 8.42 Å². The second-order valence-electron chi connectivity index (χ2n) is 9.64. The van der Waals surface area contributed by atoms with Crippen LogP contribution in [0.1, 0.15) is 17.5 Å². The van der Waals surface area contributed by atoms with E-state index < -0.39 is 25.0 Å². The van der Waals surface area contributed by atoms with E-state index in [9.17, 15) is 16.8 Å². The normalized spacial score (nSPS) is 11.6. The highest BCUT2D eigenvalue weighted by Crippen LogP contribution is 2.30. The average Bonchev–Trinajstić information content (AvgIpc) is 2.92. The second-order valence-corrected chi connectivity index (χ2v) is 13.1. The number of rotatable bonds is 16. The van der Waals surface area contributed by atoms with E-state index in [0.29, 0.717) is 24.3 Å². The van der Waals surface area contributed by atoms with Crippen molar-refractivity contribution < 1.29 is 30.6 Å². The van der Waals surface area contributed by atoms with Crippen molar-refractivity contribution in [3.05, 3.63) is 83.9 Å². The van der Waals surface area contributed by atoms with E-state index in [0.717, 1.165) is 5.56 Å². The Kier molecular flexibility index (Phi) is 13.5. The van der Waals surface area contributed by atoms with Crippen LogP contribution in [0.5, 0.6) is 11.5 Å². The Hall–Kier alpha value is -3.56. The summed E-state index contributed by atoms with van der Waals surface area (Å²) in [5.74, 6) is 0.146. The van der Waals surface area contributed by atoms with Gasteiger partial charge in [-0.1, -0.05) is 42.5 Å². The predicted octanol–water partition coefficient (Wildman–Crippen LogP) is 2.91. The number of hydrogen-bond acceptors (Lipinski definition) is 9. The molecule has 0 radical (unpaired) electrons. The fourth-order valence-electron chi connectivity index (χ4n) is 3.84. The number of ether oxygens (including phenoxy) is 1. The minimum Gasteiger partial charge on any atom is -0.493 e. The van der Waals surface area contributed by atoms with Gasteiger partial charge in [0, 0.05) is 32.1 Å². The van der Waals surface area contributed by atoms with E-state index in [4.69, 9.17) is 25.2 Å². The summed E-state index contributed by atoms with van der Waals surface area (Å²) in [5, 5.41) is 3.42. The zero-order valence-corrected chi connectivity index (χ0v) is 26.7. The van der Waals surface area contributed by atoms with Crippen LogP contribution in [0.3, 0.4) is 0 Å². The van der Waals surface area contributed by atoms with Crippen molar-refractivity contribution >= 4 is 38.5 Å². The summed E-state index contributed by atoms with van der Waals surface area (Å²) in [5.41, 5.74) is 11.8. The Morgan fingerprint density at radius 2 is 1.47 bits per heavy atom. The topological polar surface area (TPSA) is 167 Å². The van der Waals surface area contributed by atoms with Crippen molar-refractivity contribution in [2.24, 2.45) is 16.6 Å². The molecule has 0 saturated carbocycles. The molecule has 0 heterocycles. The van der Waals surface area contributed by atoms with Crippen LogP contribution in [0.4, 0.5) is 0 Å². The SMILES string of the molecule is Cc1cc(OCCCON=C(N)N)cc(OS(=O)(=O)c2ccccc2S(=O)(=O)N(CCN(C)C)Cc2ccccc2)c1.Cl. The summed E-state index contributed by atoms with van der Waals surface area (Å²) in [4.78, 5) is 5.93. The monoisotopic (exact) mass is 655 g/mol. The molecule has 3 aromatic rings. The molecule has 0 saturated heterocycles. The molecular formula is C28H38ClN5O7S2. The fourth-order valence-corrected chi connectivity index (χ4v) is 6.96. The van der Waals surface area contributed by atoms with Gasteiger partial charge in [-0.05, 0) is 61.6 Å². The van der Waals surface area contributed by atoms with Crippen molar-refractivity contribution in [1.29, 1.82) is 0 Å². The standard InChI is InChI=1S/C28H37N5O7S2.ClH/c1-22-18-24(38-16-9-17-39-31-28(29)30)20-25(19-22)40-42(36,37)27-13-8-7-12-26(27)41(34,35)33(15-14-32(2)3)21-23-10-5-4-6-11-23;/h4-8,10-13,18-20H,9,14-17,21H2,1-3H3,(H4,29,30,31);1H. The number of aryl methyl sites for hydroxylation is 1. The molecule has 0 fully saturated rings. The smallest absolute Gasteiger partial charge is 0.340 e. The van der Waals surface area contributed by atoms with E-state index in [-0.39, 0.29) is 55.3 Å². The van der Waals surface area contributed by atoms with Crippen LogP contribution in [0, 0.1) is 6.92 Å². The van der Waals surface area contributed by atoms with Crippen LogP contribution in [0.2, 0.25) is 0 Å². The average molecular weight is 656 g/mol. The lowest BCUT2D eigenvalue weighted by Gasteiger charge is -2.25. The van der Waals surface area contributed by atoms with Crippen LogP contribution < -0.4 is 20.4 Å². The first-order valence-corrected chi connectivity index (χ1v) is 15.9. The van der Waals surface area contributed by atoms with Gasteiger partial charge in [-0.15, -0.1) is 12.4 Å². The maximum absolute atomic E-state index is 13.9. The number of benzene rings is 3. The first-order chi connectivity index (χ1) is 19.9.